The zero-order valence-corrected chi connectivity index (χ0v) is 7.59. The molecule has 68 valence electrons. The molecule has 0 saturated heterocycles. The molecule has 1 rings (SSSR count). The Balaban J connectivity index is 2.59. The van der Waals surface area contributed by atoms with Crippen molar-refractivity contribution in [3.8, 4) is 0 Å². The van der Waals surface area contributed by atoms with Gasteiger partial charge in [-0.25, -0.2) is 4.39 Å². The number of carbonyl (C=O) groups excluding carboxylic acids is 1. The summed E-state index contributed by atoms with van der Waals surface area (Å²) in [5.74, 6) is -0.273. The van der Waals surface area contributed by atoms with E-state index in [0.29, 0.717) is 0 Å². The fourth-order valence-corrected chi connectivity index (χ4v) is 0.951. The normalized spacial score (nSPS) is 10.6. The van der Waals surface area contributed by atoms with Crippen LogP contribution in [0.15, 0.2) is 30.3 Å². The van der Waals surface area contributed by atoms with Gasteiger partial charge in [-0.15, -0.1) is 0 Å². The fraction of sp³-hybridized carbons (Fsp3) is 0.100. The SMILES string of the molecule is O=C(Cl)C/C=C/c1ccc(F)cc1. The van der Waals surface area contributed by atoms with E-state index >= 15 is 0 Å². The van der Waals surface area contributed by atoms with Crippen molar-refractivity contribution in [2.75, 3.05) is 0 Å². The molecule has 0 unspecified atom stereocenters. The molecule has 0 heterocycles. The number of benzene rings is 1. The van der Waals surface area contributed by atoms with Gasteiger partial charge in [-0.05, 0) is 29.3 Å². The van der Waals surface area contributed by atoms with Crippen LogP contribution in [0.25, 0.3) is 6.08 Å². The standard InChI is InChI=1S/C10H8ClFO/c11-10(13)3-1-2-8-4-6-9(12)7-5-8/h1-2,4-7H,3H2/b2-1+. The molecule has 0 aliphatic rings. The Morgan fingerprint density at radius 3 is 2.54 bits per heavy atom. The highest BCUT2D eigenvalue weighted by atomic mass is 35.5. The van der Waals surface area contributed by atoms with Crippen molar-refractivity contribution < 1.29 is 9.18 Å². The molecule has 0 aromatic heterocycles. The summed E-state index contributed by atoms with van der Waals surface area (Å²) in [7, 11) is 0. The Morgan fingerprint density at radius 1 is 1.38 bits per heavy atom. The van der Waals surface area contributed by atoms with Crippen molar-refractivity contribution in [3.05, 3.63) is 41.7 Å². The lowest BCUT2D eigenvalue weighted by atomic mass is 10.2. The molecule has 0 aliphatic carbocycles. The predicted molar refractivity (Wildman–Crippen MR) is 50.9 cm³/mol. The molecule has 0 fully saturated rings. The molecular weight excluding hydrogens is 191 g/mol. The zero-order valence-electron chi connectivity index (χ0n) is 6.84. The van der Waals surface area contributed by atoms with Crippen molar-refractivity contribution in [2.45, 2.75) is 6.42 Å². The maximum absolute atomic E-state index is 12.4. The molecule has 0 saturated carbocycles. The lowest BCUT2D eigenvalue weighted by molar-refractivity contribution is -0.110. The molecule has 0 aliphatic heterocycles. The van der Waals surface area contributed by atoms with E-state index in [1.54, 1.807) is 24.3 Å². The monoisotopic (exact) mass is 198 g/mol. The van der Waals surface area contributed by atoms with E-state index in [0.717, 1.165) is 5.56 Å². The number of hydrogen-bond acceptors (Lipinski definition) is 1. The molecule has 0 spiro atoms. The van der Waals surface area contributed by atoms with Crippen molar-refractivity contribution in [1.82, 2.24) is 0 Å². The summed E-state index contributed by atoms with van der Waals surface area (Å²) in [6.07, 6.45) is 3.56. The molecule has 3 heteroatoms. The molecule has 0 atom stereocenters. The highest BCUT2D eigenvalue weighted by Gasteiger charge is 1.91. The first-order valence-electron chi connectivity index (χ1n) is 3.79. The molecule has 0 bridgehead atoms. The summed E-state index contributed by atoms with van der Waals surface area (Å²) in [5.41, 5.74) is 0.847. The van der Waals surface area contributed by atoms with Crippen LogP contribution in [0.5, 0.6) is 0 Å². The van der Waals surface area contributed by atoms with Gasteiger partial charge in [-0.1, -0.05) is 24.3 Å². The summed E-state index contributed by atoms with van der Waals surface area (Å²) in [6.45, 7) is 0. The first-order valence-corrected chi connectivity index (χ1v) is 4.17. The van der Waals surface area contributed by atoms with Crippen LogP contribution in [0.3, 0.4) is 0 Å². The molecule has 1 aromatic rings. The van der Waals surface area contributed by atoms with Gasteiger partial charge in [-0.3, -0.25) is 4.79 Å². The smallest absolute Gasteiger partial charge is 0.225 e. The Hall–Kier alpha value is -1.15. The number of allylic oxidation sites excluding steroid dienone is 1. The van der Waals surface area contributed by atoms with Crippen LogP contribution in [0.2, 0.25) is 0 Å². The Bertz CT molecular complexity index is 316. The van der Waals surface area contributed by atoms with Crippen molar-refractivity contribution in [2.24, 2.45) is 0 Å². The second-order valence-electron chi connectivity index (χ2n) is 2.51. The molecule has 1 nitrogen and oxygen atoms in total. The summed E-state index contributed by atoms with van der Waals surface area (Å²) >= 11 is 5.12. The number of halogens is 2. The van der Waals surface area contributed by atoms with Gasteiger partial charge in [-0.2, -0.15) is 0 Å². The lowest BCUT2D eigenvalue weighted by Crippen LogP contribution is -1.80. The van der Waals surface area contributed by atoms with E-state index in [9.17, 15) is 9.18 Å². The maximum Gasteiger partial charge on any atom is 0.225 e. The second kappa shape index (κ2) is 4.77. The zero-order chi connectivity index (χ0) is 9.68. The van der Waals surface area contributed by atoms with Gasteiger partial charge < -0.3 is 0 Å². The van der Waals surface area contributed by atoms with Crippen LogP contribution in [-0.2, 0) is 4.79 Å². The van der Waals surface area contributed by atoms with Gasteiger partial charge in [0.15, 0.2) is 0 Å². The minimum atomic E-state index is -0.404. The van der Waals surface area contributed by atoms with Gasteiger partial charge in [0.25, 0.3) is 0 Å². The summed E-state index contributed by atoms with van der Waals surface area (Å²) < 4.78 is 12.4. The van der Waals surface area contributed by atoms with Gasteiger partial charge in [0.2, 0.25) is 5.24 Å². The minimum Gasteiger partial charge on any atom is -0.281 e. The Labute approximate surface area is 80.8 Å². The molecular formula is C10H8ClFO. The van der Waals surface area contributed by atoms with E-state index in [4.69, 9.17) is 11.6 Å². The molecule has 0 N–H and O–H groups in total. The Kier molecular flexibility index (Phi) is 3.65. The summed E-state index contributed by atoms with van der Waals surface area (Å²) in [4.78, 5) is 10.3. The van der Waals surface area contributed by atoms with Crippen LogP contribution in [0.4, 0.5) is 4.39 Å². The van der Waals surface area contributed by atoms with Gasteiger partial charge in [0, 0.05) is 6.42 Å². The largest absolute Gasteiger partial charge is 0.281 e. The lowest BCUT2D eigenvalue weighted by Gasteiger charge is -1.91. The topological polar surface area (TPSA) is 17.1 Å². The highest BCUT2D eigenvalue weighted by Crippen LogP contribution is 2.05. The minimum absolute atomic E-state index is 0.193. The fourth-order valence-electron chi connectivity index (χ4n) is 0.862. The average molecular weight is 199 g/mol. The van der Waals surface area contributed by atoms with Crippen LogP contribution in [-0.4, -0.2) is 5.24 Å². The summed E-state index contributed by atoms with van der Waals surface area (Å²) in [5, 5.41) is -0.404. The van der Waals surface area contributed by atoms with E-state index in [-0.39, 0.29) is 12.2 Å². The van der Waals surface area contributed by atoms with Crippen LogP contribution >= 0.6 is 11.6 Å². The molecule has 0 radical (unpaired) electrons. The van der Waals surface area contributed by atoms with Crippen LogP contribution in [0.1, 0.15) is 12.0 Å². The predicted octanol–water partition coefficient (Wildman–Crippen LogP) is 2.99. The number of carbonyl (C=O) groups is 1. The first-order chi connectivity index (χ1) is 6.18. The maximum atomic E-state index is 12.4. The molecule has 1 aromatic carbocycles. The number of rotatable bonds is 3. The van der Waals surface area contributed by atoms with E-state index in [1.807, 2.05) is 0 Å². The average Bonchev–Trinajstić information content (AvgIpc) is 2.08. The van der Waals surface area contributed by atoms with Crippen molar-refractivity contribution in [3.63, 3.8) is 0 Å². The van der Waals surface area contributed by atoms with E-state index < -0.39 is 5.24 Å². The van der Waals surface area contributed by atoms with Crippen LogP contribution < -0.4 is 0 Å². The third-order valence-electron chi connectivity index (χ3n) is 1.46. The van der Waals surface area contributed by atoms with Gasteiger partial charge in [0.1, 0.15) is 5.82 Å². The van der Waals surface area contributed by atoms with Gasteiger partial charge in [0.05, 0.1) is 0 Å². The van der Waals surface area contributed by atoms with E-state index in [1.165, 1.54) is 12.1 Å². The van der Waals surface area contributed by atoms with Crippen LogP contribution in [0, 0.1) is 5.82 Å². The quantitative estimate of drug-likeness (QED) is 0.683. The van der Waals surface area contributed by atoms with Gasteiger partial charge >= 0.3 is 0 Å². The number of hydrogen-bond donors (Lipinski definition) is 0. The third kappa shape index (κ3) is 3.85. The van der Waals surface area contributed by atoms with Crippen molar-refractivity contribution >= 4 is 22.9 Å². The second-order valence-corrected chi connectivity index (χ2v) is 2.93. The third-order valence-corrected chi connectivity index (χ3v) is 1.61. The Morgan fingerprint density at radius 2 is 2.00 bits per heavy atom. The molecule has 13 heavy (non-hydrogen) atoms. The van der Waals surface area contributed by atoms with E-state index in [2.05, 4.69) is 0 Å². The first kappa shape index (κ1) is 9.93. The highest BCUT2D eigenvalue weighted by molar-refractivity contribution is 6.63. The van der Waals surface area contributed by atoms with Crippen molar-refractivity contribution in [1.29, 1.82) is 0 Å². The summed E-state index contributed by atoms with van der Waals surface area (Å²) in [6, 6.07) is 5.99. The molecule has 0 amide bonds.